The highest BCUT2D eigenvalue weighted by Crippen LogP contribution is 2.29. The molecule has 114 valence electrons. The van der Waals surface area contributed by atoms with Gasteiger partial charge in [-0.2, -0.15) is 0 Å². The molecule has 0 radical (unpaired) electrons. The molecule has 2 rings (SSSR count). The fourth-order valence-corrected chi connectivity index (χ4v) is 2.49. The molecule has 1 amide bonds. The van der Waals surface area contributed by atoms with Gasteiger partial charge in [0.15, 0.2) is 0 Å². The first-order valence-corrected chi connectivity index (χ1v) is 6.37. The summed E-state index contributed by atoms with van der Waals surface area (Å²) in [5.74, 6) is 0. The molecule has 9 heteroatoms. The topological polar surface area (TPSA) is 118 Å². The molecule has 2 N–H and O–H groups in total. The Labute approximate surface area is 120 Å². The molecule has 0 aromatic carbocycles. The second-order valence-electron chi connectivity index (χ2n) is 4.77. The molecule has 0 saturated carbocycles. The summed E-state index contributed by atoms with van der Waals surface area (Å²) in [4.78, 5) is 26.9. The highest BCUT2D eigenvalue weighted by molar-refractivity contribution is 5.66. The van der Waals surface area contributed by atoms with Gasteiger partial charge in [-0.15, -0.1) is 0 Å². The number of nitrogens with zero attached hydrogens (tertiary/aromatic N) is 3. The van der Waals surface area contributed by atoms with Crippen LogP contribution in [0.2, 0.25) is 0 Å². The van der Waals surface area contributed by atoms with Crippen LogP contribution in [-0.4, -0.2) is 53.5 Å². The van der Waals surface area contributed by atoms with Gasteiger partial charge >= 0.3 is 11.8 Å². The lowest BCUT2D eigenvalue weighted by Crippen LogP contribution is -2.53. The quantitative estimate of drug-likeness (QED) is 0.624. The molecule has 1 aliphatic rings. The van der Waals surface area contributed by atoms with Crippen LogP contribution in [0.5, 0.6) is 0 Å². The van der Waals surface area contributed by atoms with Crippen LogP contribution in [0.4, 0.5) is 16.2 Å². The highest BCUT2D eigenvalue weighted by atomic mass is 16.6. The van der Waals surface area contributed by atoms with Crippen LogP contribution in [0.3, 0.4) is 0 Å². The largest absolute Gasteiger partial charge is 0.465 e. The van der Waals surface area contributed by atoms with Crippen LogP contribution >= 0.6 is 0 Å². The van der Waals surface area contributed by atoms with E-state index in [4.69, 9.17) is 9.84 Å². The number of hydrogen-bond acceptors (Lipinski definition) is 6. The zero-order valence-electron chi connectivity index (χ0n) is 11.4. The van der Waals surface area contributed by atoms with Gasteiger partial charge in [-0.05, 0) is 12.5 Å². The Hall–Kier alpha value is -2.42. The van der Waals surface area contributed by atoms with Crippen molar-refractivity contribution in [1.82, 2.24) is 10.3 Å². The van der Waals surface area contributed by atoms with Crippen LogP contribution < -0.4 is 10.2 Å². The van der Waals surface area contributed by atoms with Gasteiger partial charge in [0.05, 0.1) is 17.1 Å². The summed E-state index contributed by atoms with van der Waals surface area (Å²) in [6.07, 6.45) is 1.85. The van der Waals surface area contributed by atoms with E-state index < -0.39 is 11.0 Å². The molecule has 0 bridgehead atoms. The van der Waals surface area contributed by atoms with Crippen molar-refractivity contribution in [3.8, 4) is 0 Å². The number of carbonyl (C=O) groups is 1. The molecule has 2 heterocycles. The van der Waals surface area contributed by atoms with Crippen molar-refractivity contribution in [3.05, 3.63) is 28.6 Å². The van der Waals surface area contributed by atoms with Gasteiger partial charge in [0.25, 0.3) is 0 Å². The Morgan fingerprint density at radius 1 is 1.62 bits per heavy atom. The number of amides is 1. The van der Waals surface area contributed by atoms with E-state index in [9.17, 15) is 14.9 Å². The summed E-state index contributed by atoms with van der Waals surface area (Å²) in [6.45, 7) is 0.802. The van der Waals surface area contributed by atoms with Crippen LogP contribution in [-0.2, 0) is 4.74 Å². The average Bonchev–Trinajstić information content (AvgIpc) is 2.46. The summed E-state index contributed by atoms with van der Waals surface area (Å²) in [5.41, 5.74) is 0.303. The average molecular weight is 296 g/mol. The molecule has 1 aromatic rings. The third-order valence-corrected chi connectivity index (χ3v) is 3.39. The molecule has 1 aliphatic heterocycles. The lowest BCUT2D eigenvalue weighted by Gasteiger charge is -2.37. The van der Waals surface area contributed by atoms with Crippen molar-refractivity contribution in [2.45, 2.75) is 18.6 Å². The van der Waals surface area contributed by atoms with Crippen LogP contribution in [0, 0.1) is 10.1 Å². The molecule has 21 heavy (non-hydrogen) atoms. The van der Waals surface area contributed by atoms with Gasteiger partial charge in [0.2, 0.25) is 0 Å². The second kappa shape index (κ2) is 6.35. The maximum absolute atomic E-state index is 11.1. The summed E-state index contributed by atoms with van der Waals surface area (Å²) in [6, 6.07) is 1.20. The fraction of sp³-hybridized carbons (Fsp3) is 0.500. The predicted molar refractivity (Wildman–Crippen MR) is 73.5 cm³/mol. The molecule has 1 saturated heterocycles. The summed E-state index contributed by atoms with van der Waals surface area (Å²) >= 11 is 0. The number of anilines is 1. The first-order chi connectivity index (χ1) is 10.0. The van der Waals surface area contributed by atoms with Crippen molar-refractivity contribution < 1.29 is 19.6 Å². The van der Waals surface area contributed by atoms with E-state index in [-0.39, 0.29) is 17.8 Å². The summed E-state index contributed by atoms with van der Waals surface area (Å²) in [7, 11) is 1.53. The smallest absolute Gasteiger partial charge is 0.404 e. The Morgan fingerprint density at radius 3 is 3.00 bits per heavy atom. The Bertz CT molecular complexity index is 538. The number of carboxylic acid groups (broad SMARTS) is 1. The van der Waals surface area contributed by atoms with E-state index in [0.717, 1.165) is 0 Å². The highest BCUT2D eigenvalue weighted by Gasteiger charge is 2.31. The fourth-order valence-electron chi connectivity index (χ4n) is 2.49. The van der Waals surface area contributed by atoms with E-state index in [1.54, 1.807) is 11.0 Å². The lowest BCUT2D eigenvalue weighted by atomic mass is 10.0. The molecule has 0 spiro atoms. The molecule has 1 fully saturated rings. The van der Waals surface area contributed by atoms with Crippen molar-refractivity contribution in [3.63, 3.8) is 0 Å². The van der Waals surface area contributed by atoms with Crippen molar-refractivity contribution in [1.29, 1.82) is 0 Å². The first-order valence-electron chi connectivity index (χ1n) is 6.37. The summed E-state index contributed by atoms with van der Waals surface area (Å²) < 4.78 is 5.29. The minimum atomic E-state index is -1.12. The molecule has 1 aromatic heterocycles. The van der Waals surface area contributed by atoms with Gasteiger partial charge in [-0.3, -0.25) is 15.1 Å². The number of methoxy groups -OCH3 is 1. The number of ether oxygens (including phenoxy) is 1. The Balaban J connectivity index is 2.25. The van der Waals surface area contributed by atoms with Gasteiger partial charge in [0.1, 0.15) is 11.9 Å². The Kier molecular flexibility index (Phi) is 4.53. The third-order valence-electron chi connectivity index (χ3n) is 3.39. The molecule has 2 atom stereocenters. The predicted octanol–water partition coefficient (Wildman–Crippen LogP) is 0.851. The normalized spacial score (nSPS) is 21.9. The van der Waals surface area contributed by atoms with Crippen LogP contribution in [0.1, 0.15) is 6.42 Å². The first kappa shape index (κ1) is 15.0. The second-order valence-corrected chi connectivity index (χ2v) is 4.77. The number of nitro groups is 1. The molecule has 0 aliphatic carbocycles. The van der Waals surface area contributed by atoms with E-state index in [2.05, 4.69) is 10.3 Å². The molecular weight excluding hydrogens is 280 g/mol. The van der Waals surface area contributed by atoms with E-state index >= 15 is 0 Å². The van der Waals surface area contributed by atoms with E-state index in [1.165, 1.54) is 19.5 Å². The van der Waals surface area contributed by atoms with Gasteiger partial charge < -0.3 is 20.1 Å². The van der Waals surface area contributed by atoms with Crippen LogP contribution in [0.15, 0.2) is 18.5 Å². The molecular formula is C12H16N4O5. The van der Waals surface area contributed by atoms with Gasteiger partial charge in [0, 0.05) is 26.4 Å². The maximum atomic E-state index is 11.1. The van der Waals surface area contributed by atoms with Gasteiger partial charge in [-0.1, -0.05) is 0 Å². The number of pyridine rings is 1. The number of rotatable bonds is 4. The minimum absolute atomic E-state index is 0.108. The maximum Gasteiger partial charge on any atom is 0.404 e. The lowest BCUT2D eigenvalue weighted by molar-refractivity contribution is -0.384. The van der Waals surface area contributed by atoms with Gasteiger partial charge in [-0.25, -0.2) is 4.79 Å². The van der Waals surface area contributed by atoms with E-state index in [0.29, 0.717) is 25.2 Å². The molecule has 0 unspecified atom stereocenters. The van der Waals surface area contributed by atoms with E-state index in [1.807, 2.05) is 0 Å². The number of nitrogens with one attached hydrogen (secondary N) is 1. The zero-order valence-corrected chi connectivity index (χ0v) is 11.4. The van der Waals surface area contributed by atoms with Crippen molar-refractivity contribution in [2.75, 3.05) is 25.1 Å². The van der Waals surface area contributed by atoms with Crippen LogP contribution in [0.25, 0.3) is 0 Å². The number of aromatic nitrogens is 1. The zero-order chi connectivity index (χ0) is 15.4. The van der Waals surface area contributed by atoms with Crippen molar-refractivity contribution >= 4 is 17.5 Å². The third kappa shape index (κ3) is 3.57. The van der Waals surface area contributed by atoms with Crippen molar-refractivity contribution in [2.24, 2.45) is 0 Å². The number of piperidine rings is 1. The summed E-state index contributed by atoms with van der Waals surface area (Å²) in [5, 5.41) is 22.3. The monoisotopic (exact) mass is 296 g/mol. The minimum Gasteiger partial charge on any atom is -0.465 e. The SMILES string of the molecule is CO[C@@H]1C[C@H](NC(=O)O)CN(c2ccncc2[N+](=O)[O-])C1. The standard InChI is InChI=1S/C12H16N4O5/c1-21-9-4-8(14-12(17)18)6-15(7-9)10-2-3-13-5-11(10)16(19)20/h2-3,5,8-9,14H,4,6-7H2,1H3,(H,17,18)/t8-,9+/m0/s1. The Morgan fingerprint density at radius 2 is 2.38 bits per heavy atom. The number of hydrogen-bond donors (Lipinski definition) is 2. The molecule has 9 nitrogen and oxygen atoms in total.